The van der Waals surface area contributed by atoms with Crippen molar-refractivity contribution in [3.05, 3.63) is 0 Å². The molecule has 1 fully saturated rings. The summed E-state index contributed by atoms with van der Waals surface area (Å²) in [5.41, 5.74) is 0. The van der Waals surface area contributed by atoms with Crippen LogP contribution in [0.5, 0.6) is 0 Å². The lowest BCUT2D eigenvalue weighted by atomic mass is 9.96. The third kappa shape index (κ3) is 5.50. The molecule has 4 heteroatoms. The van der Waals surface area contributed by atoms with Gasteiger partial charge < -0.3 is 14.2 Å². The van der Waals surface area contributed by atoms with Crippen LogP contribution < -0.4 is 0 Å². The predicted octanol–water partition coefficient (Wildman–Crippen LogP) is 2.51. The van der Waals surface area contributed by atoms with Crippen molar-refractivity contribution in [1.29, 1.82) is 0 Å². The van der Waals surface area contributed by atoms with Gasteiger partial charge in [0.25, 0.3) is 0 Å². The van der Waals surface area contributed by atoms with Crippen molar-refractivity contribution in [2.24, 2.45) is 5.92 Å². The monoisotopic (exact) mass is 244 g/mol. The number of ether oxygens (including phenoxy) is 3. The lowest BCUT2D eigenvalue weighted by molar-refractivity contribution is -0.154. The maximum Gasteiger partial charge on any atom is 0.305 e. The molecule has 0 aromatic carbocycles. The number of methoxy groups -OCH3 is 1. The molecule has 0 aromatic heterocycles. The van der Waals surface area contributed by atoms with E-state index < -0.39 is 0 Å². The Morgan fingerprint density at radius 3 is 2.59 bits per heavy atom. The van der Waals surface area contributed by atoms with Gasteiger partial charge in [0.2, 0.25) is 0 Å². The zero-order valence-electron chi connectivity index (χ0n) is 11.2. The summed E-state index contributed by atoms with van der Waals surface area (Å²) >= 11 is 0. The van der Waals surface area contributed by atoms with Crippen LogP contribution in [-0.2, 0) is 19.0 Å². The molecule has 17 heavy (non-hydrogen) atoms. The smallest absolute Gasteiger partial charge is 0.305 e. The van der Waals surface area contributed by atoms with Gasteiger partial charge in [0, 0.05) is 12.8 Å². The van der Waals surface area contributed by atoms with Crippen molar-refractivity contribution in [3.63, 3.8) is 0 Å². The molecule has 0 radical (unpaired) electrons. The highest BCUT2D eigenvalue weighted by atomic mass is 16.7. The normalized spacial score (nSPS) is 20.2. The maximum atomic E-state index is 10.9. The second-order valence-corrected chi connectivity index (χ2v) is 4.96. The van der Waals surface area contributed by atoms with Crippen LogP contribution in [-0.4, -0.2) is 32.1 Å². The largest absolute Gasteiger partial charge is 0.469 e. The summed E-state index contributed by atoms with van der Waals surface area (Å²) in [6.07, 6.45) is 4.49. The third-order valence-corrected chi connectivity index (χ3v) is 3.17. The molecular formula is C13H24O4. The summed E-state index contributed by atoms with van der Waals surface area (Å²) < 4.78 is 15.8. The van der Waals surface area contributed by atoms with Crippen molar-refractivity contribution in [2.45, 2.75) is 51.7 Å². The quantitative estimate of drug-likeness (QED) is 0.510. The Balaban J connectivity index is 2.08. The first-order valence-corrected chi connectivity index (χ1v) is 6.40. The van der Waals surface area contributed by atoms with Gasteiger partial charge in [0.1, 0.15) is 0 Å². The van der Waals surface area contributed by atoms with E-state index in [9.17, 15) is 4.79 Å². The van der Waals surface area contributed by atoms with Gasteiger partial charge in [-0.2, -0.15) is 0 Å². The van der Waals surface area contributed by atoms with Gasteiger partial charge in [-0.25, -0.2) is 0 Å². The molecule has 0 bridgehead atoms. The van der Waals surface area contributed by atoms with Gasteiger partial charge in [0.05, 0.1) is 20.3 Å². The SMILES string of the molecule is COC(=O)CCCCC(C)CC1(C)OCCO1. The zero-order chi connectivity index (χ0) is 12.7. The molecule has 1 atom stereocenters. The molecule has 0 saturated carbocycles. The molecule has 1 rings (SSSR count). The van der Waals surface area contributed by atoms with Gasteiger partial charge in [-0.1, -0.05) is 19.8 Å². The second kappa shape index (κ2) is 6.97. The molecule has 100 valence electrons. The molecule has 4 nitrogen and oxygen atoms in total. The number of carbonyl (C=O) groups is 1. The molecule has 1 heterocycles. The van der Waals surface area contributed by atoms with Gasteiger partial charge in [-0.3, -0.25) is 4.79 Å². The van der Waals surface area contributed by atoms with Crippen LogP contribution in [0.1, 0.15) is 46.0 Å². The van der Waals surface area contributed by atoms with Crippen LogP contribution in [0, 0.1) is 5.92 Å². The summed E-state index contributed by atoms with van der Waals surface area (Å²) in [5, 5.41) is 0. The summed E-state index contributed by atoms with van der Waals surface area (Å²) in [6, 6.07) is 0. The average Bonchev–Trinajstić information content (AvgIpc) is 2.70. The van der Waals surface area contributed by atoms with Crippen molar-refractivity contribution in [2.75, 3.05) is 20.3 Å². The number of hydrogen-bond donors (Lipinski definition) is 0. The highest BCUT2D eigenvalue weighted by molar-refractivity contribution is 5.68. The summed E-state index contributed by atoms with van der Waals surface area (Å²) in [5.74, 6) is 0.0460. The van der Waals surface area contributed by atoms with Crippen molar-refractivity contribution < 1.29 is 19.0 Å². The van der Waals surface area contributed by atoms with Gasteiger partial charge in [0.15, 0.2) is 5.79 Å². The lowest BCUT2D eigenvalue weighted by Gasteiger charge is -2.25. The van der Waals surface area contributed by atoms with E-state index in [1.165, 1.54) is 7.11 Å². The predicted molar refractivity (Wildman–Crippen MR) is 64.6 cm³/mol. The summed E-state index contributed by atoms with van der Waals surface area (Å²) in [7, 11) is 1.43. The van der Waals surface area contributed by atoms with Gasteiger partial charge in [-0.15, -0.1) is 0 Å². The van der Waals surface area contributed by atoms with Crippen LogP contribution in [0.25, 0.3) is 0 Å². The zero-order valence-corrected chi connectivity index (χ0v) is 11.2. The Morgan fingerprint density at radius 1 is 1.35 bits per heavy atom. The number of unbranched alkanes of at least 4 members (excludes halogenated alkanes) is 1. The number of carbonyl (C=O) groups excluding carboxylic acids is 1. The Morgan fingerprint density at radius 2 is 2.00 bits per heavy atom. The Bertz CT molecular complexity index is 234. The fourth-order valence-electron chi connectivity index (χ4n) is 2.27. The Labute approximate surface area is 104 Å². The summed E-state index contributed by atoms with van der Waals surface area (Å²) in [4.78, 5) is 10.9. The third-order valence-electron chi connectivity index (χ3n) is 3.17. The van der Waals surface area contributed by atoms with Gasteiger partial charge >= 0.3 is 5.97 Å². The van der Waals surface area contributed by atoms with Crippen LogP contribution in [0.3, 0.4) is 0 Å². The Kier molecular flexibility index (Phi) is 5.92. The molecule has 1 aliphatic rings. The van der Waals surface area contributed by atoms with E-state index in [4.69, 9.17) is 9.47 Å². The Hall–Kier alpha value is -0.610. The van der Waals surface area contributed by atoms with Crippen LogP contribution in [0.2, 0.25) is 0 Å². The van der Waals surface area contributed by atoms with E-state index in [-0.39, 0.29) is 11.8 Å². The number of rotatable bonds is 7. The molecule has 1 unspecified atom stereocenters. The van der Waals surface area contributed by atoms with E-state index >= 15 is 0 Å². The van der Waals surface area contributed by atoms with E-state index in [1.54, 1.807) is 0 Å². The molecule has 0 aliphatic carbocycles. The minimum absolute atomic E-state index is 0.118. The molecule has 0 N–H and O–H groups in total. The fourth-order valence-corrected chi connectivity index (χ4v) is 2.27. The minimum Gasteiger partial charge on any atom is -0.469 e. The molecular weight excluding hydrogens is 220 g/mol. The lowest BCUT2D eigenvalue weighted by Crippen LogP contribution is -2.28. The van der Waals surface area contributed by atoms with Gasteiger partial charge in [-0.05, 0) is 19.3 Å². The highest BCUT2D eigenvalue weighted by Crippen LogP contribution is 2.28. The van der Waals surface area contributed by atoms with Crippen molar-refractivity contribution >= 4 is 5.97 Å². The fraction of sp³-hybridized carbons (Fsp3) is 0.923. The van der Waals surface area contributed by atoms with E-state index in [0.29, 0.717) is 25.6 Å². The highest BCUT2D eigenvalue weighted by Gasteiger charge is 2.32. The molecule has 0 aromatic rings. The number of esters is 1. The van der Waals surface area contributed by atoms with E-state index in [1.807, 2.05) is 6.92 Å². The summed E-state index contributed by atoms with van der Waals surface area (Å²) in [6.45, 7) is 5.61. The molecule has 1 aliphatic heterocycles. The van der Waals surface area contributed by atoms with E-state index in [0.717, 1.165) is 25.7 Å². The number of hydrogen-bond acceptors (Lipinski definition) is 4. The first kappa shape index (κ1) is 14.5. The molecule has 0 spiro atoms. The van der Waals surface area contributed by atoms with Crippen molar-refractivity contribution in [1.82, 2.24) is 0 Å². The topological polar surface area (TPSA) is 44.8 Å². The van der Waals surface area contributed by atoms with Crippen LogP contribution in [0.4, 0.5) is 0 Å². The first-order valence-electron chi connectivity index (χ1n) is 6.40. The second-order valence-electron chi connectivity index (χ2n) is 4.96. The molecule has 0 amide bonds. The van der Waals surface area contributed by atoms with Crippen LogP contribution >= 0.6 is 0 Å². The van der Waals surface area contributed by atoms with Crippen LogP contribution in [0.15, 0.2) is 0 Å². The minimum atomic E-state index is -0.387. The first-order chi connectivity index (χ1) is 8.06. The van der Waals surface area contributed by atoms with E-state index in [2.05, 4.69) is 11.7 Å². The maximum absolute atomic E-state index is 10.9. The standard InChI is InChI=1S/C13H24O4/c1-11(6-4-5-7-12(14)15-3)10-13(2)16-8-9-17-13/h11H,4-10H2,1-3H3. The molecule has 1 saturated heterocycles. The van der Waals surface area contributed by atoms with Crippen molar-refractivity contribution in [3.8, 4) is 0 Å². The average molecular weight is 244 g/mol.